The minimum atomic E-state index is -0.831. The molecule has 0 radical (unpaired) electrons. The van der Waals surface area contributed by atoms with Gasteiger partial charge in [0.1, 0.15) is 17.3 Å². The van der Waals surface area contributed by atoms with Gasteiger partial charge in [-0.05, 0) is 56.4 Å². The molecule has 2 bridgehead atoms. The molecule has 0 unspecified atom stereocenters. The van der Waals surface area contributed by atoms with Gasteiger partial charge in [0, 0.05) is 30.1 Å². The van der Waals surface area contributed by atoms with Crippen molar-refractivity contribution in [1.29, 1.82) is 0 Å². The maximum atomic E-state index is 13.6. The number of amides is 2. The Labute approximate surface area is 211 Å². The van der Waals surface area contributed by atoms with Crippen molar-refractivity contribution in [3.63, 3.8) is 0 Å². The molecule has 9 nitrogen and oxygen atoms in total. The van der Waals surface area contributed by atoms with E-state index in [2.05, 4.69) is 15.7 Å². The van der Waals surface area contributed by atoms with Crippen LogP contribution in [0.3, 0.4) is 0 Å². The van der Waals surface area contributed by atoms with E-state index in [1.165, 1.54) is 12.1 Å². The monoisotopic (exact) mass is 516 g/mol. The van der Waals surface area contributed by atoms with Gasteiger partial charge in [0.05, 0.1) is 22.2 Å². The third-order valence-corrected chi connectivity index (χ3v) is 7.42. The molecular formula is C25H26ClFN4O5. The number of hydrogen-bond donors (Lipinski definition) is 3. The summed E-state index contributed by atoms with van der Waals surface area (Å²) >= 11 is 5.66. The number of aromatic nitrogens is 2. The number of ether oxygens (including phenoxy) is 2. The number of aliphatic hydroxyl groups is 1. The van der Waals surface area contributed by atoms with Gasteiger partial charge in [-0.1, -0.05) is 11.6 Å². The van der Waals surface area contributed by atoms with Crippen LogP contribution in [0.2, 0.25) is 5.02 Å². The van der Waals surface area contributed by atoms with Crippen LogP contribution >= 0.6 is 11.6 Å². The molecule has 3 saturated carbocycles. The first-order valence-electron chi connectivity index (χ1n) is 11.7. The van der Waals surface area contributed by atoms with Gasteiger partial charge in [-0.3, -0.25) is 9.59 Å². The third kappa shape index (κ3) is 4.96. The predicted molar refractivity (Wildman–Crippen MR) is 128 cm³/mol. The van der Waals surface area contributed by atoms with Crippen molar-refractivity contribution in [1.82, 2.24) is 20.2 Å². The number of pyridine rings is 1. The fourth-order valence-electron chi connectivity index (χ4n) is 5.16. The molecule has 6 rings (SSSR count). The summed E-state index contributed by atoms with van der Waals surface area (Å²) in [7, 11) is 0. The van der Waals surface area contributed by atoms with Gasteiger partial charge in [0.2, 0.25) is 0 Å². The maximum Gasteiger partial charge on any atom is 0.258 e. The van der Waals surface area contributed by atoms with Gasteiger partial charge in [-0.25, -0.2) is 8.91 Å². The lowest BCUT2D eigenvalue weighted by Gasteiger charge is -2.56. The number of nitrogens with one attached hydrogen (secondary N) is 2. The fraction of sp³-hybridized carbons (Fsp3) is 0.400. The van der Waals surface area contributed by atoms with E-state index in [4.69, 9.17) is 21.1 Å². The predicted octanol–water partition coefficient (Wildman–Crippen LogP) is 2.63. The molecule has 3 aliphatic carbocycles. The van der Waals surface area contributed by atoms with Crippen LogP contribution in [0.4, 0.5) is 4.39 Å². The fourth-order valence-corrected chi connectivity index (χ4v) is 5.28. The van der Waals surface area contributed by atoms with E-state index in [1.54, 1.807) is 29.0 Å². The molecular weight excluding hydrogens is 491 g/mol. The van der Waals surface area contributed by atoms with Crippen LogP contribution in [0, 0.1) is 5.82 Å². The zero-order valence-electron chi connectivity index (χ0n) is 19.4. The number of carbonyl (C=O) groups is 2. The van der Waals surface area contributed by atoms with E-state index in [0.29, 0.717) is 37.9 Å². The highest BCUT2D eigenvalue weighted by atomic mass is 35.5. The molecule has 3 aliphatic rings. The molecule has 3 N–H and O–H groups in total. The SMILES string of the molecule is O=C(COc1ccn2nccc2c1)NC12CCC(NC(=O)COc3ccc(Cl)c(F)c3)(CC1)[C@@H](O)C2. The number of fused-ring (bicyclic) bond motifs is 4. The van der Waals surface area contributed by atoms with Crippen molar-refractivity contribution in [2.24, 2.45) is 0 Å². The molecule has 0 saturated heterocycles. The van der Waals surface area contributed by atoms with Gasteiger partial charge in [0.25, 0.3) is 11.8 Å². The van der Waals surface area contributed by atoms with Gasteiger partial charge in [-0.2, -0.15) is 5.10 Å². The van der Waals surface area contributed by atoms with Crippen LogP contribution in [-0.2, 0) is 9.59 Å². The van der Waals surface area contributed by atoms with Crippen molar-refractivity contribution in [3.8, 4) is 11.5 Å². The number of benzene rings is 1. The van der Waals surface area contributed by atoms with Gasteiger partial charge in [-0.15, -0.1) is 0 Å². The van der Waals surface area contributed by atoms with E-state index in [1.807, 2.05) is 6.07 Å². The van der Waals surface area contributed by atoms with Crippen molar-refractivity contribution in [3.05, 3.63) is 59.6 Å². The van der Waals surface area contributed by atoms with E-state index in [0.717, 1.165) is 11.6 Å². The number of rotatable bonds is 8. The quantitative estimate of drug-likeness (QED) is 0.424. The Hall–Kier alpha value is -3.37. The molecule has 2 heterocycles. The summed E-state index contributed by atoms with van der Waals surface area (Å²) in [6.07, 6.45) is 5.17. The van der Waals surface area contributed by atoms with Gasteiger partial charge >= 0.3 is 0 Å². The average Bonchev–Trinajstić information content (AvgIpc) is 3.33. The summed E-state index contributed by atoms with van der Waals surface area (Å²) in [5.74, 6) is -0.560. The van der Waals surface area contributed by atoms with Crippen LogP contribution in [0.25, 0.3) is 5.52 Å². The lowest BCUT2D eigenvalue weighted by Crippen LogP contribution is -2.70. The molecule has 2 amide bonds. The standard InChI is InChI=1S/C25H26ClFN4O5/c26-19-2-1-17(12-20(19)27)35-15-23(34)30-25-7-5-24(6-8-25,13-21(25)32)29-22(33)14-36-18-4-10-31-16(11-18)3-9-28-31/h1-4,9-12,21,32H,5-8,13-15H2,(H,29,33)(H,30,34)/t21-,24?,25?/m0/s1. The molecule has 1 aromatic carbocycles. The van der Waals surface area contributed by atoms with E-state index >= 15 is 0 Å². The zero-order chi connectivity index (χ0) is 25.3. The number of carbonyl (C=O) groups excluding carboxylic acids is 2. The Balaban J connectivity index is 1.12. The first kappa shape index (κ1) is 24.3. The Morgan fingerprint density at radius 1 is 1.06 bits per heavy atom. The zero-order valence-corrected chi connectivity index (χ0v) is 20.1. The molecule has 190 valence electrons. The van der Waals surface area contributed by atoms with Crippen molar-refractivity contribution in [2.75, 3.05) is 13.2 Å². The number of aliphatic hydroxyl groups excluding tert-OH is 1. The molecule has 0 spiro atoms. The highest BCUT2D eigenvalue weighted by molar-refractivity contribution is 6.30. The average molecular weight is 517 g/mol. The van der Waals surface area contributed by atoms with Crippen LogP contribution < -0.4 is 20.1 Å². The first-order chi connectivity index (χ1) is 17.3. The summed E-state index contributed by atoms with van der Waals surface area (Å²) in [5, 5.41) is 21.0. The molecule has 3 fully saturated rings. The molecule has 11 heteroatoms. The Morgan fingerprint density at radius 2 is 1.75 bits per heavy atom. The molecule has 2 aromatic heterocycles. The summed E-state index contributed by atoms with van der Waals surface area (Å²) < 4.78 is 26.3. The van der Waals surface area contributed by atoms with Crippen LogP contribution in [0.15, 0.2) is 48.8 Å². The summed E-state index contributed by atoms with van der Waals surface area (Å²) in [6, 6.07) is 9.32. The Bertz CT molecular complexity index is 1290. The van der Waals surface area contributed by atoms with Crippen LogP contribution in [0.5, 0.6) is 11.5 Å². The molecule has 0 aliphatic heterocycles. The van der Waals surface area contributed by atoms with Crippen LogP contribution in [-0.4, -0.2) is 56.9 Å². The number of hydrogen-bond acceptors (Lipinski definition) is 6. The normalized spacial score (nSPS) is 24.9. The second kappa shape index (κ2) is 9.59. The Kier molecular flexibility index (Phi) is 6.48. The van der Waals surface area contributed by atoms with Crippen molar-refractivity contribution in [2.45, 2.75) is 49.3 Å². The molecule has 3 aromatic rings. The van der Waals surface area contributed by atoms with Crippen molar-refractivity contribution >= 4 is 28.9 Å². The lowest BCUT2D eigenvalue weighted by atomic mass is 9.60. The van der Waals surface area contributed by atoms with E-state index < -0.39 is 28.9 Å². The third-order valence-electron chi connectivity index (χ3n) is 7.12. The molecule has 1 atom stereocenters. The van der Waals surface area contributed by atoms with E-state index in [-0.39, 0.29) is 29.9 Å². The smallest absolute Gasteiger partial charge is 0.258 e. The van der Waals surface area contributed by atoms with E-state index in [9.17, 15) is 19.1 Å². The molecule has 36 heavy (non-hydrogen) atoms. The summed E-state index contributed by atoms with van der Waals surface area (Å²) in [4.78, 5) is 25.2. The topological polar surface area (TPSA) is 114 Å². The second-order valence-corrected chi connectivity index (χ2v) is 9.88. The summed E-state index contributed by atoms with van der Waals surface area (Å²) in [5.41, 5.74) is -0.465. The minimum Gasteiger partial charge on any atom is -0.484 e. The Morgan fingerprint density at radius 3 is 2.44 bits per heavy atom. The largest absolute Gasteiger partial charge is 0.484 e. The number of halogens is 2. The lowest BCUT2D eigenvalue weighted by molar-refractivity contribution is -0.137. The first-order valence-corrected chi connectivity index (χ1v) is 12.1. The van der Waals surface area contributed by atoms with Crippen molar-refractivity contribution < 1.29 is 28.6 Å². The highest BCUT2D eigenvalue weighted by Gasteiger charge is 2.55. The minimum absolute atomic E-state index is 0.0311. The summed E-state index contributed by atoms with van der Waals surface area (Å²) in [6.45, 7) is -0.466. The second-order valence-electron chi connectivity index (χ2n) is 9.47. The maximum absolute atomic E-state index is 13.6. The van der Waals surface area contributed by atoms with Gasteiger partial charge < -0.3 is 25.2 Å². The van der Waals surface area contributed by atoms with Crippen LogP contribution in [0.1, 0.15) is 32.1 Å². The number of nitrogens with zero attached hydrogens (tertiary/aromatic N) is 2. The highest BCUT2D eigenvalue weighted by Crippen LogP contribution is 2.47. The van der Waals surface area contributed by atoms with Gasteiger partial charge in [0.15, 0.2) is 13.2 Å².